The van der Waals surface area contributed by atoms with E-state index in [4.69, 9.17) is 0 Å². The highest BCUT2D eigenvalue weighted by atomic mass is 32.1. The third-order valence-corrected chi connectivity index (χ3v) is 6.27. The number of thiophene rings is 1. The number of carbonyl (C=O) groups excluding carboxylic acids is 1. The molecule has 4 heterocycles. The van der Waals surface area contributed by atoms with Gasteiger partial charge < -0.3 is 5.32 Å². The molecule has 25 heavy (non-hydrogen) atoms. The predicted octanol–water partition coefficient (Wildman–Crippen LogP) is 3.32. The number of thiazole rings is 1. The maximum absolute atomic E-state index is 12.7. The Kier molecular flexibility index (Phi) is 4.65. The van der Waals surface area contributed by atoms with Crippen molar-refractivity contribution in [2.75, 3.05) is 18.4 Å². The van der Waals surface area contributed by atoms with Gasteiger partial charge in [-0.3, -0.25) is 14.8 Å². The lowest BCUT2D eigenvalue weighted by atomic mass is 9.97. The molecule has 1 aliphatic heterocycles. The molecule has 0 radical (unpaired) electrons. The van der Waals surface area contributed by atoms with Crippen LogP contribution in [0.3, 0.4) is 0 Å². The van der Waals surface area contributed by atoms with E-state index in [0.717, 1.165) is 30.8 Å². The number of rotatable bonds is 4. The molecule has 6 nitrogen and oxygen atoms in total. The highest BCUT2D eigenvalue weighted by Gasteiger charge is 2.21. The van der Waals surface area contributed by atoms with Crippen molar-refractivity contribution in [3.8, 4) is 10.6 Å². The number of hydrogen-bond acceptors (Lipinski definition) is 6. The number of nitrogens with zero attached hydrogens (tertiary/aromatic N) is 3. The minimum absolute atomic E-state index is 0.164. The first-order chi connectivity index (χ1) is 12.2. The smallest absolute Gasteiger partial charge is 0.261 e. The first-order valence-corrected chi connectivity index (χ1v) is 9.95. The molecule has 1 amide bonds. The van der Waals surface area contributed by atoms with Gasteiger partial charge in [-0.25, -0.2) is 4.98 Å². The zero-order valence-electron chi connectivity index (χ0n) is 13.9. The zero-order valence-corrected chi connectivity index (χ0v) is 15.5. The molecule has 130 valence electrons. The average molecular weight is 374 g/mol. The van der Waals surface area contributed by atoms with Crippen molar-refractivity contribution >= 4 is 33.7 Å². The van der Waals surface area contributed by atoms with Crippen molar-refractivity contribution in [2.24, 2.45) is 7.05 Å². The van der Waals surface area contributed by atoms with Crippen LogP contribution in [-0.2, 0) is 7.05 Å². The lowest BCUT2D eigenvalue weighted by Crippen LogP contribution is -2.26. The van der Waals surface area contributed by atoms with E-state index in [0.29, 0.717) is 22.3 Å². The maximum atomic E-state index is 12.7. The van der Waals surface area contributed by atoms with Crippen LogP contribution in [-0.4, -0.2) is 33.8 Å². The van der Waals surface area contributed by atoms with Gasteiger partial charge in [0.25, 0.3) is 5.91 Å². The number of aromatic nitrogens is 3. The first-order valence-electron chi connectivity index (χ1n) is 8.26. The molecule has 3 aromatic rings. The Morgan fingerprint density at radius 2 is 2.24 bits per heavy atom. The van der Waals surface area contributed by atoms with Crippen LogP contribution < -0.4 is 10.6 Å². The van der Waals surface area contributed by atoms with E-state index in [2.05, 4.69) is 20.7 Å². The number of amides is 1. The molecular formula is C17H19N5OS2. The van der Waals surface area contributed by atoms with Crippen LogP contribution in [0, 0.1) is 0 Å². The fourth-order valence-corrected chi connectivity index (χ4v) is 4.76. The third kappa shape index (κ3) is 3.51. The van der Waals surface area contributed by atoms with Crippen molar-refractivity contribution in [3.63, 3.8) is 0 Å². The molecule has 2 N–H and O–H groups in total. The van der Waals surface area contributed by atoms with E-state index in [1.54, 1.807) is 33.6 Å². The summed E-state index contributed by atoms with van der Waals surface area (Å²) in [5, 5.41) is 13.4. The van der Waals surface area contributed by atoms with Gasteiger partial charge in [-0.05, 0) is 43.3 Å². The Morgan fingerprint density at radius 3 is 3.00 bits per heavy atom. The Balaban J connectivity index is 1.52. The Morgan fingerprint density at radius 1 is 1.40 bits per heavy atom. The minimum atomic E-state index is -0.164. The third-order valence-electron chi connectivity index (χ3n) is 4.31. The second kappa shape index (κ2) is 7.07. The lowest BCUT2D eigenvalue weighted by molar-refractivity contribution is 0.102. The largest absolute Gasteiger partial charge is 0.317 e. The van der Waals surface area contributed by atoms with Gasteiger partial charge in [0.15, 0.2) is 5.13 Å². The Hall–Kier alpha value is -2.03. The standard InChI is InChI=1S/C17H19N5OS2/c1-22-10-12(15(21-22)13-3-2-8-24-13)16(23)20-17-19-9-14(25-17)11-4-6-18-7-5-11/h2-3,8-11,18H,4-7H2,1H3,(H,19,20,23). The van der Waals surface area contributed by atoms with E-state index in [1.165, 1.54) is 4.88 Å². The topological polar surface area (TPSA) is 71.8 Å². The summed E-state index contributed by atoms with van der Waals surface area (Å²) in [4.78, 5) is 19.4. The molecular weight excluding hydrogens is 354 g/mol. The molecule has 0 bridgehead atoms. The summed E-state index contributed by atoms with van der Waals surface area (Å²) in [6.45, 7) is 2.09. The SMILES string of the molecule is Cn1cc(C(=O)Nc2ncc(C3CCNCC3)s2)c(-c2cccs2)n1. The summed E-state index contributed by atoms with van der Waals surface area (Å²) >= 11 is 3.15. The maximum Gasteiger partial charge on any atom is 0.261 e. The van der Waals surface area contributed by atoms with Crippen molar-refractivity contribution < 1.29 is 4.79 Å². The van der Waals surface area contributed by atoms with Crippen molar-refractivity contribution in [1.82, 2.24) is 20.1 Å². The van der Waals surface area contributed by atoms with E-state index in [9.17, 15) is 4.79 Å². The molecule has 0 unspecified atom stereocenters. The number of piperidine rings is 1. The van der Waals surface area contributed by atoms with E-state index in [1.807, 2.05) is 30.8 Å². The van der Waals surface area contributed by atoms with Gasteiger partial charge in [0.05, 0.1) is 10.4 Å². The Labute approximate surface area is 153 Å². The van der Waals surface area contributed by atoms with Crippen LogP contribution in [0.5, 0.6) is 0 Å². The molecule has 1 aliphatic rings. The molecule has 1 saturated heterocycles. The minimum Gasteiger partial charge on any atom is -0.317 e. The monoisotopic (exact) mass is 373 g/mol. The van der Waals surface area contributed by atoms with Crippen molar-refractivity contribution in [1.29, 1.82) is 0 Å². The van der Waals surface area contributed by atoms with Crippen LogP contribution in [0.25, 0.3) is 10.6 Å². The van der Waals surface area contributed by atoms with Gasteiger partial charge in [-0.2, -0.15) is 5.10 Å². The lowest BCUT2D eigenvalue weighted by Gasteiger charge is -2.20. The van der Waals surface area contributed by atoms with Crippen LogP contribution in [0.4, 0.5) is 5.13 Å². The molecule has 1 fully saturated rings. The average Bonchev–Trinajstić information content (AvgIpc) is 3.35. The molecule has 0 aliphatic carbocycles. The van der Waals surface area contributed by atoms with Crippen LogP contribution in [0.2, 0.25) is 0 Å². The normalized spacial score (nSPS) is 15.4. The van der Waals surface area contributed by atoms with E-state index < -0.39 is 0 Å². The number of hydrogen-bond donors (Lipinski definition) is 2. The number of aryl methyl sites for hydroxylation is 1. The quantitative estimate of drug-likeness (QED) is 0.736. The van der Waals surface area contributed by atoms with Gasteiger partial charge in [0.1, 0.15) is 5.69 Å². The van der Waals surface area contributed by atoms with Gasteiger partial charge >= 0.3 is 0 Å². The summed E-state index contributed by atoms with van der Waals surface area (Å²) < 4.78 is 1.67. The number of anilines is 1. The number of nitrogens with one attached hydrogen (secondary N) is 2. The number of carbonyl (C=O) groups is 1. The van der Waals surface area contributed by atoms with E-state index in [-0.39, 0.29) is 5.91 Å². The zero-order chi connectivity index (χ0) is 17.2. The van der Waals surface area contributed by atoms with Crippen LogP contribution >= 0.6 is 22.7 Å². The summed E-state index contributed by atoms with van der Waals surface area (Å²) in [5.74, 6) is 0.382. The van der Waals surface area contributed by atoms with Gasteiger partial charge in [-0.1, -0.05) is 6.07 Å². The fraction of sp³-hybridized carbons (Fsp3) is 0.353. The molecule has 0 saturated carbocycles. The van der Waals surface area contributed by atoms with Crippen molar-refractivity contribution in [3.05, 3.63) is 40.3 Å². The summed E-state index contributed by atoms with van der Waals surface area (Å²) in [5.41, 5.74) is 1.29. The summed E-state index contributed by atoms with van der Waals surface area (Å²) in [6, 6.07) is 3.94. The molecule has 8 heteroatoms. The van der Waals surface area contributed by atoms with Gasteiger partial charge in [-0.15, -0.1) is 22.7 Å². The first kappa shape index (κ1) is 16.4. The van der Waals surface area contributed by atoms with Gasteiger partial charge in [0.2, 0.25) is 0 Å². The van der Waals surface area contributed by atoms with Crippen molar-refractivity contribution in [2.45, 2.75) is 18.8 Å². The van der Waals surface area contributed by atoms with Crippen LogP contribution in [0.15, 0.2) is 29.9 Å². The van der Waals surface area contributed by atoms with E-state index >= 15 is 0 Å². The molecule has 4 rings (SSSR count). The van der Waals surface area contributed by atoms with Gasteiger partial charge in [0, 0.05) is 24.3 Å². The predicted molar refractivity (Wildman–Crippen MR) is 101 cm³/mol. The Bertz CT molecular complexity index is 862. The fourth-order valence-electron chi connectivity index (χ4n) is 3.05. The molecule has 0 spiro atoms. The molecule has 3 aromatic heterocycles. The second-order valence-electron chi connectivity index (χ2n) is 6.09. The second-order valence-corrected chi connectivity index (χ2v) is 8.10. The highest BCUT2D eigenvalue weighted by molar-refractivity contribution is 7.15. The summed E-state index contributed by atoms with van der Waals surface area (Å²) in [6.07, 6.45) is 5.91. The molecule has 0 aromatic carbocycles. The highest BCUT2D eigenvalue weighted by Crippen LogP contribution is 2.32. The molecule has 0 atom stereocenters. The van der Waals surface area contributed by atoms with Crippen LogP contribution in [0.1, 0.15) is 34.0 Å². The summed E-state index contributed by atoms with van der Waals surface area (Å²) in [7, 11) is 1.83.